The van der Waals surface area contributed by atoms with Crippen molar-refractivity contribution in [2.24, 2.45) is 0 Å². The molecule has 1 N–H and O–H groups in total. The van der Waals surface area contributed by atoms with Gasteiger partial charge >= 0.3 is 5.97 Å². The number of carbonyl (C=O) groups excluding carboxylic acids is 2. The normalized spacial score (nSPS) is 10.2. The van der Waals surface area contributed by atoms with Gasteiger partial charge in [-0.15, -0.1) is 0 Å². The standard InChI is InChI=1S/C22H18N2O6/c1-29-20-11-7-16(8-12-20)21(25)23-18-4-2-3-17(13-18)22(26)30-14-15-5-9-19(10-6-15)24(27)28/h2-13H,14H2,1H3,(H,23,25). The van der Waals surface area contributed by atoms with E-state index in [0.29, 0.717) is 22.6 Å². The molecule has 0 spiro atoms. The molecule has 1 amide bonds. The van der Waals surface area contributed by atoms with Gasteiger partial charge in [0.15, 0.2) is 0 Å². The number of amides is 1. The van der Waals surface area contributed by atoms with Gasteiger partial charge in [0.25, 0.3) is 11.6 Å². The summed E-state index contributed by atoms with van der Waals surface area (Å²) in [4.78, 5) is 34.9. The van der Waals surface area contributed by atoms with Crippen molar-refractivity contribution in [1.29, 1.82) is 0 Å². The van der Waals surface area contributed by atoms with Crippen LogP contribution in [0.15, 0.2) is 72.8 Å². The molecule has 8 nitrogen and oxygen atoms in total. The number of nitrogens with one attached hydrogen (secondary N) is 1. The highest BCUT2D eigenvalue weighted by atomic mass is 16.6. The summed E-state index contributed by atoms with van der Waals surface area (Å²) in [5.41, 5.74) is 1.75. The molecule has 0 saturated heterocycles. The number of esters is 1. The van der Waals surface area contributed by atoms with Crippen molar-refractivity contribution in [3.8, 4) is 5.75 Å². The minimum atomic E-state index is -0.575. The zero-order valence-electron chi connectivity index (χ0n) is 16.0. The number of nitrogens with zero attached hydrogens (tertiary/aromatic N) is 1. The van der Waals surface area contributed by atoms with Crippen LogP contribution in [0, 0.1) is 10.1 Å². The van der Waals surface area contributed by atoms with Crippen LogP contribution in [0.2, 0.25) is 0 Å². The SMILES string of the molecule is COc1ccc(C(=O)Nc2cccc(C(=O)OCc3ccc([N+](=O)[O-])cc3)c2)cc1. The number of ether oxygens (including phenoxy) is 2. The summed E-state index contributed by atoms with van der Waals surface area (Å²) in [7, 11) is 1.54. The molecule has 0 saturated carbocycles. The van der Waals surface area contributed by atoms with E-state index in [4.69, 9.17) is 9.47 Å². The second-order valence-corrected chi connectivity index (χ2v) is 6.26. The van der Waals surface area contributed by atoms with Gasteiger partial charge in [-0.05, 0) is 60.2 Å². The van der Waals surface area contributed by atoms with Crippen molar-refractivity contribution in [2.75, 3.05) is 12.4 Å². The fourth-order valence-corrected chi connectivity index (χ4v) is 2.62. The van der Waals surface area contributed by atoms with Crippen LogP contribution in [0.1, 0.15) is 26.3 Å². The first-order chi connectivity index (χ1) is 14.5. The molecular weight excluding hydrogens is 388 g/mol. The third kappa shape index (κ3) is 5.20. The zero-order chi connectivity index (χ0) is 21.5. The lowest BCUT2D eigenvalue weighted by Crippen LogP contribution is -2.12. The molecule has 0 unspecified atom stereocenters. The van der Waals surface area contributed by atoms with Crippen LogP contribution in [0.3, 0.4) is 0 Å². The summed E-state index contributed by atoms with van der Waals surface area (Å²) in [5.74, 6) is -0.257. The molecule has 3 rings (SSSR count). The van der Waals surface area contributed by atoms with Crippen molar-refractivity contribution >= 4 is 23.3 Å². The minimum absolute atomic E-state index is 0.0285. The molecule has 0 fully saturated rings. The van der Waals surface area contributed by atoms with Gasteiger partial charge in [0.05, 0.1) is 17.6 Å². The van der Waals surface area contributed by atoms with Crippen LogP contribution in [-0.2, 0) is 11.3 Å². The molecule has 0 bridgehead atoms. The first-order valence-electron chi connectivity index (χ1n) is 8.92. The van der Waals surface area contributed by atoms with Gasteiger partial charge in [0, 0.05) is 23.4 Å². The topological polar surface area (TPSA) is 108 Å². The van der Waals surface area contributed by atoms with Gasteiger partial charge in [0.1, 0.15) is 12.4 Å². The smallest absolute Gasteiger partial charge is 0.338 e. The molecule has 3 aromatic rings. The second kappa shape index (κ2) is 9.33. The summed E-state index contributed by atoms with van der Waals surface area (Å²) < 4.78 is 10.3. The fraction of sp³-hybridized carbons (Fsp3) is 0.0909. The van der Waals surface area contributed by atoms with Crippen molar-refractivity contribution in [3.05, 3.63) is 99.6 Å². The highest BCUT2D eigenvalue weighted by Crippen LogP contribution is 2.17. The van der Waals surface area contributed by atoms with Gasteiger partial charge < -0.3 is 14.8 Å². The van der Waals surface area contributed by atoms with Gasteiger partial charge in [0.2, 0.25) is 0 Å². The Morgan fingerprint density at radius 3 is 2.30 bits per heavy atom. The molecular formula is C22H18N2O6. The van der Waals surface area contributed by atoms with Crippen LogP contribution >= 0.6 is 0 Å². The minimum Gasteiger partial charge on any atom is -0.497 e. The Labute approximate surface area is 172 Å². The maximum Gasteiger partial charge on any atom is 0.338 e. The number of anilines is 1. The van der Waals surface area contributed by atoms with Crippen LogP contribution in [0.25, 0.3) is 0 Å². The number of non-ortho nitro benzene ring substituents is 1. The summed E-state index contributed by atoms with van der Waals surface area (Å²) in [5, 5.41) is 13.4. The van der Waals surface area contributed by atoms with Crippen molar-refractivity contribution in [1.82, 2.24) is 0 Å². The number of hydrogen-bond donors (Lipinski definition) is 1. The maximum absolute atomic E-state index is 12.4. The van der Waals surface area contributed by atoms with E-state index >= 15 is 0 Å². The number of nitro groups is 1. The third-order valence-corrected chi connectivity index (χ3v) is 4.23. The summed E-state index contributed by atoms with van der Waals surface area (Å²) in [6.07, 6.45) is 0. The third-order valence-electron chi connectivity index (χ3n) is 4.23. The summed E-state index contributed by atoms with van der Waals surface area (Å²) in [6, 6.07) is 18.8. The molecule has 0 heterocycles. The number of hydrogen-bond acceptors (Lipinski definition) is 6. The fourth-order valence-electron chi connectivity index (χ4n) is 2.62. The van der Waals surface area contributed by atoms with E-state index < -0.39 is 10.9 Å². The average Bonchev–Trinajstić information content (AvgIpc) is 2.78. The number of methoxy groups -OCH3 is 1. The van der Waals surface area contributed by atoms with E-state index in [-0.39, 0.29) is 23.8 Å². The van der Waals surface area contributed by atoms with E-state index in [2.05, 4.69) is 5.32 Å². The Hall–Kier alpha value is -4.20. The lowest BCUT2D eigenvalue weighted by atomic mass is 10.1. The Balaban J connectivity index is 1.61. The first-order valence-corrected chi connectivity index (χ1v) is 8.92. The quantitative estimate of drug-likeness (QED) is 0.358. The Morgan fingerprint density at radius 1 is 0.967 bits per heavy atom. The largest absolute Gasteiger partial charge is 0.497 e. The van der Waals surface area contributed by atoms with Crippen LogP contribution < -0.4 is 10.1 Å². The van der Waals surface area contributed by atoms with Crippen LogP contribution in [0.4, 0.5) is 11.4 Å². The lowest BCUT2D eigenvalue weighted by molar-refractivity contribution is -0.384. The molecule has 0 aliphatic heterocycles. The number of benzene rings is 3. The first kappa shape index (κ1) is 20.5. The van der Waals surface area contributed by atoms with E-state index in [1.54, 1.807) is 49.6 Å². The van der Waals surface area contributed by atoms with E-state index in [1.165, 1.54) is 30.3 Å². The number of rotatable bonds is 7. The van der Waals surface area contributed by atoms with E-state index in [1.807, 2.05) is 0 Å². The van der Waals surface area contributed by atoms with Gasteiger partial charge in [-0.1, -0.05) is 6.07 Å². The molecule has 0 atom stereocenters. The van der Waals surface area contributed by atoms with Crippen molar-refractivity contribution in [3.63, 3.8) is 0 Å². The summed E-state index contributed by atoms with van der Waals surface area (Å²) >= 11 is 0. The number of nitro benzene ring substituents is 1. The molecule has 3 aromatic carbocycles. The lowest BCUT2D eigenvalue weighted by Gasteiger charge is -2.09. The van der Waals surface area contributed by atoms with E-state index in [0.717, 1.165) is 0 Å². The second-order valence-electron chi connectivity index (χ2n) is 6.26. The highest BCUT2D eigenvalue weighted by molar-refractivity contribution is 6.04. The van der Waals surface area contributed by atoms with Gasteiger partial charge in [-0.25, -0.2) is 4.79 Å². The number of carbonyl (C=O) groups is 2. The monoisotopic (exact) mass is 406 g/mol. The molecule has 0 radical (unpaired) electrons. The van der Waals surface area contributed by atoms with Gasteiger partial charge in [-0.2, -0.15) is 0 Å². The van der Waals surface area contributed by atoms with Crippen LogP contribution in [-0.4, -0.2) is 23.9 Å². The summed E-state index contributed by atoms with van der Waals surface area (Å²) in [6.45, 7) is -0.0285. The molecule has 30 heavy (non-hydrogen) atoms. The molecule has 0 aliphatic carbocycles. The Kier molecular flexibility index (Phi) is 6.39. The van der Waals surface area contributed by atoms with Crippen molar-refractivity contribution in [2.45, 2.75) is 6.61 Å². The predicted molar refractivity (Wildman–Crippen MR) is 110 cm³/mol. The molecule has 0 aliphatic rings. The average molecular weight is 406 g/mol. The predicted octanol–water partition coefficient (Wildman–Crippen LogP) is 4.21. The van der Waals surface area contributed by atoms with Crippen molar-refractivity contribution < 1.29 is 24.0 Å². The van der Waals surface area contributed by atoms with E-state index in [9.17, 15) is 19.7 Å². The highest BCUT2D eigenvalue weighted by Gasteiger charge is 2.11. The maximum atomic E-state index is 12.4. The molecule has 152 valence electrons. The molecule has 8 heteroatoms. The van der Waals surface area contributed by atoms with Gasteiger partial charge in [-0.3, -0.25) is 14.9 Å². The van der Waals surface area contributed by atoms with Crippen LogP contribution in [0.5, 0.6) is 5.75 Å². The molecule has 0 aromatic heterocycles. The Bertz CT molecular complexity index is 1060. The zero-order valence-corrected chi connectivity index (χ0v) is 16.0. The Morgan fingerprint density at radius 2 is 1.67 bits per heavy atom.